The molecule has 1 amide bonds. The van der Waals surface area contributed by atoms with Crippen molar-refractivity contribution in [3.05, 3.63) is 80.8 Å². The second kappa shape index (κ2) is 9.80. The van der Waals surface area contributed by atoms with Crippen molar-refractivity contribution in [3.63, 3.8) is 0 Å². The fourth-order valence-corrected chi connectivity index (χ4v) is 6.09. The van der Waals surface area contributed by atoms with Gasteiger partial charge >= 0.3 is 0 Å². The van der Waals surface area contributed by atoms with Gasteiger partial charge in [0, 0.05) is 18.5 Å². The summed E-state index contributed by atoms with van der Waals surface area (Å²) in [6.45, 7) is 6.62. The number of likely N-dealkylation sites (N-methyl/N-ethyl adjacent to an activating group) is 1. The van der Waals surface area contributed by atoms with E-state index < -0.39 is 25.6 Å². The Bertz CT molecular complexity index is 1210. The maximum Gasteiger partial charge on any atom is 0.293 e. The predicted octanol–water partition coefficient (Wildman–Crippen LogP) is 3.80. The third-order valence-electron chi connectivity index (χ3n) is 5.40. The van der Waals surface area contributed by atoms with E-state index in [1.165, 1.54) is 11.9 Å². The molecule has 2 aromatic carbocycles. The number of amides is 1. The van der Waals surface area contributed by atoms with Gasteiger partial charge in [-0.3, -0.25) is 14.4 Å². The van der Waals surface area contributed by atoms with E-state index in [-0.39, 0.29) is 18.0 Å². The molecule has 174 valence electrons. The van der Waals surface area contributed by atoms with Gasteiger partial charge in [-0.1, -0.05) is 55.5 Å². The first-order valence-electron chi connectivity index (χ1n) is 10.4. The highest BCUT2D eigenvalue weighted by Gasteiger charge is 2.31. The minimum atomic E-state index is -1.61. The van der Waals surface area contributed by atoms with Crippen LogP contribution in [0.2, 0.25) is 24.7 Å². The van der Waals surface area contributed by atoms with Crippen LogP contribution in [-0.2, 0) is 11.2 Å². The zero-order valence-corrected chi connectivity index (χ0v) is 21.0. The largest absolute Gasteiger partial charge is 0.497 e. The molecule has 1 unspecified atom stereocenters. The number of ketones is 1. The van der Waals surface area contributed by atoms with Crippen molar-refractivity contribution in [1.29, 1.82) is 0 Å². The van der Waals surface area contributed by atoms with E-state index in [0.29, 0.717) is 16.3 Å². The average molecular weight is 487 g/mol. The molecule has 3 rings (SSSR count). The first kappa shape index (κ1) is 24.5. The van der Waals surface area contributed by atoms with Crippen molar-refractivity contribution >= 4 is 36.6 Å². The number of Topliss-reactive ketones (excluding diaryl/α,β-unsaturated/α-hetero) is 1. The molecule has 0 saturated heterocycles. The number of rotatable bonds is 8. The predicted molar refractivity (Wildman–Crippen MR) is 130 cm³/mol. The third-order valence-corrected chi connectivity index (χ3v) is 7.92. The lowest BCUT2D eigenvalue weighted by molar-refractivity contribution is -0.122. The summed E-state index contributed by atoms with van der Waals surface area (Å²) in [6, 6.07) is 12.8. The van der Waals surface area contributed by atoms with Crippen molar-refractivity contribution in [3.8, 4) is 5.75 Å². The van der Waals surface area contributed by atoms with Crippen molar-refractivity contribution in [2.24, 2.45) is 0 Å². The highest BCUT2D eigenvalue weighted by Crippen LogP contribution is 2.26. The van der Waals surface area contributed by atoms with Gasteiger partial charge in [0.05, 0.1) is 21.3 Å². The van der Waals surface area contributed by atoms with Crippen LogP contribution in [0.5, 0.6) is 5.75 Å². The number of hydrogen-bond acceptors (Lipinski definition) is 5. The van der Waals surface area contributed by atoms with Crippen LogP contribution in [0.25, 0.3) is 0 Å². The number of methoxy groups -OCH3 is 1. The van der Waals surface area contributed by atoms with Crippen LogP contribution in [0.15, 0.2) is 57.8 Å². The number of nitrogens with zero attached hydrogens (tertiary/aromatic N) is 1. The zero-order chi connectivity index (χ0) is 24.3. The lowest BCUT2D eigenvalue weighted by Crippen LogP contribution is -2.38. The molecule has 0 radical (unpaired) electrons. The lowest BCUT2D eigenvalue weighted by atomic mass is 9.96. The van der Waals surface area contributed by atoms with Gasteiger partial charge < -0.3 is 14.2 Å². The Labute approximate surface area is 198 Å². The van der Waals surface area contributed by atoms with Gasteiger partial charge in [0.1, 0.15) is 11.8 Å². The quantitative estimate of drug-likeness (QED) is 0.489. The van der Waals surface area contributed by atoms with Crippen LogP contribution in [0.1, 0.15) is 27.7 Å². The molecule has 1 atom stereocenters. The van der Waals surface area contributed by atoms with Gasteiger partial charge in [0.25, 0.3) is 11.5 Å². The summed E-state index contributed by atoms with van der Waals surface area (Å²) >= 11 is 6.52. The zero-order valence-electron chi connectivity index (χ0n) is 19.3. The van der Waals surface area contributed by atoms with E-state index >= 15 is 0 Å². The lowest BCUT2D eigenvalue weighted by Gasteiger charge is -2.27. The SMILES string of the molecule is COc1ccc(C(C(=O)Cc2ccc([Si](C)(C)C)c(Cl)c2)N(C)C(=O)c2cc(=O)[nH]o2)cc1. The first-order chi connectivity index (χ1) is 15.5. The molecular weight excluding hydrogens is 460 g/mol. The number of halogens is 1. The Morgan fingerprint density at radius 1 is 1.12 bits per heavy atom. The number of H-pyrrole nitrogens is 1. The van der Waals surface area contributed by atoms with Gasteiger partial charge in [-0.15, -0.1) is 0 Å². The molecule has 0 aliphatic carbocycles. The molecule has 0 spiro atoms. The highest BCUT2D eigenvalue weighted by molar-refractivity contribution is 6.90. The van der Waals surface area contributed by atoms with Crippen LogP contribution in [0, 0.1) is 0 Å². The van der Waals surface area contributed by atoms with E-state index in [2.05, 4.69) is 24.8 Å². The van der Waals surface area contributed by atoms with Crippen molar-refractivity contribution in [2.45, 2.75) is 32.1 Å². The van der Waals surface area contributed by atoms with Gasteiger partial charge in [-0.25, -0.2) is 0 Å². The Morgan fingerprint density at radius 3 is 2.30 bits per heavy atom. The number of carbonyl (C=O) groups excluding carboxylic acids is 2. The number of ether oxygens (including phenoxy) is 1. The number of aromatic nitrogens is 1. The molecule has 0 aliphatic rings. The topological polar surface area (TPSA) is 92.6 Å². The van der Waals surface area contributed by atoms with Crippen molar-refractivity contribution < 1.29 is 18.8 Å². The van der Waals surface area contributed by atoms with Crippen molar-refractivity contribution in [2.75, 3.05) is 14.2 Å². The Hall–Kier alpha value is -3.10. The summed E-state index contributed by atoms with van der Waals surface area (Å²) in [6.07, 6.45) is 0.0805. The Morgan fingerprint density at radius 2 is 1.79 bits per heavy atom. The van der Waals surface area contributed by atoms with E-state index in [1.807, 2.05) is 18.2 Å². The highest BCUT2D eigenvalue weighted by atomic mass is 35.5. The number of nitrogens with one attached hydrogen (secondary N) is 1. The molecule has 33 heavy (non-hydrogen) atoms. The molecule has 0 saturated carbocycles. The number of carbonyl (C=O) groups is 2. The van der Waals surface area contributed by atoms with E-state index in [4.69, 9.17) is 20.9 Å². The molecule has 1 heterocycles. The molecule has 9 heteroatoms. The molecule has 3 aromatic rings. The summed E-state index contributed by atoms with van der Waals surface area (Å²) in [7, 11) is 1.44. The number of benzene rings is 2. The monoisotopic (exact) mass is 486 g/mol. The van der Waals surface area contributed by atoms with Crippen molar-refractivity contribution in [1.82, 2.24) is 10.1 Å². The third kappa shape index (κ3) is 5.64. The second-order valence-electron chi connectivity index (χ2n) is 8.88. The smallest absolute Gasteiger partial charge is 0.293 e. The van der Waals surface area contributed by atoms with Crippen LogP contribution < -0.4 is 15.5 Å². The summed E-state index contributed by atoms with van der Waals surface area (Å²) in [4.78, 5) is 39.1. The molecule has 0 bridgehead atoms. The summed E-state index contributed by atoms with van der Waals surface area (Å²) in [5.41, 5.74) is 0.843. The minimum absolute atomic E-state index is 0.0805. The van der Waals surface area contributed by atoms with Gasteiger partial charge in [-0.2, -0.15) is 5.16 Å². The van der Waals surface area contributed by atoms with Crippen LogP contribution >= 0.6 is 11.6 Å². The van der Waals surface area contributed by atoms with E-state index in [1.54, 1.807) is 31.4 Å². The Balaban J connectivity index is 1.94. The maximum atomic E-state index is 13.5. The Kier molecular flexibility index (Phi) is 7.29. The summed E-state index contributed by atoms with van der Waals surface area (Å²) in [5, 5.41) is 3.88. The van der Waals surface area contributed by atoms with Crippen LogP contribution in [0.3, 0.4) is 0 Å². The van der Waals surface area contributed by atoms with Gasteiger partial charge in [0.15, 0.2) is 5.78 Å². The molecular formula is C24H27ClN2O5Si. The maximum absolute atomic E-state index is 13.5. The van der Waals surface area contributed by atoms with Crippen LogP contribution in [0.4, 0.5) is 0 Å². The van der Waals surface area contributed by atoms with Gasteiger partial charge in [-0.05, 0) is 34.5 Å². The normalized spacial score (nSPS) is 12.3. The molecule has 0 fully saturated rings. The molecule has 1 N–H and O–H groups in total. The summed E-state index contributed by atoms with van der Waals surface area (Å²) < 4.78 is 10.2. The molecule has 7 nitrogen and oxygen atoms in total. The standard InChI is InChI=1S/C24H27ClN2O5Si/c1-27(24(30)20-14-22(29)26-32-20)23(16-7-9-17(31-2)10-8-16)19(28)13-15-6-11-21(18(25)12-15)33(3,4)5/h6-12,14,23H,13H2,1-5H3,(H,26,29). The second-order valence-corrected chi connectivity index (χ2v) is 14.3. The van der Waals surface area contributed by atoms with E-state index in [9.17, 15) is 14.4 Å². The summed E-state index contributed by atoms with van der Waals surface area (Å²) in [5.74, 6) is -0.332. The average Bonchev–Trinajstić information content (AvgIpc) is 3.19. The fourth-order valence-electron chi connectivity index (χ4n) is 3.67. The first-order valence-corrected chi connectivity index (χ1v) is 14.3. The molecule has 0 aliphatic heterocycles. The van der Waals surface area contributed by atoms with Gasteiger partial charge in [0.2, 0.25) is 5.76 Å². The number of aromatic amines is 1. The van der Waals surface area contributed by atoms with Crippen LogP contribution in [-0.4, -0.2) is 44.0 Å². The minimum Gasteiger partial charge on any atom is -0.497 e. The number of hydrogen-bond donors (Lipinski definition) is 1. The fraction of sp³-hybridized carbons (Fsp3) is 0.292. The van der Waals surface area contributed by atoms with E-state index in [0.717, 1.165) is 16.8 Å². The molecule has 1 aromatic heterocycles.